The molecule has 0 fully saturated rings. The zero-order valence-electron chi connectivity index (χ0n) is 25.5. The summed E-state index contributed by atoms with van der Waals surface area (Å²) in [5, 5.41) is 28.1. The number of benzene rings is 3. The quantitative estimate of drug-likeness (QED) is 0.115. The monoisotopic (exact) mass is 693 g/mol. The largest absolute Gasteiger partial charge is 0.491 e. The summed E-state index contributed by atoms with van der Waals surface area (Å²) < 4.78 is 49.3. The van der Waals surface area contributed by atoms with Crippen LogP contribution in [0.1, 0.15) is 22.9 Å². The maximum Gasteiger partial charge on any atom is 0.321 e. The molecule has 0 spiro atoms. The molecule has 0 saturated carbocycles. The molecule has 0 bridgehead atoms. The van der Waals surface area contributed by atoms with Gasteiger partial charge >= 0.3 is 5.97 Å². The number of nitrogens with one attached hydrogen (secondary N) is 2. The van der Waals surface area contributed by atoms with Crippen molar-refractivity contribution in [2.24, 2.45) is 5.14 Å². The molecule has 3 aromatic heterocycles. The Balaban J connectivity index is 1.17. The lowest BCUT2D eigenvalue weighted by Gasteiger charge is -2.21. The number of nitrogens with zero attached hydrogens (tertiary/aromatic N) is 4. The molecule has 6 aromatic rings. The Labute approximate surface area is 278 Å². The SMILES string of the molecule is NS(=O)(=O)c1nc2ccc(OCc3cn([C@@H](CN[C@@H](Cc4c[nH]c5ccccc45)C(=O)O)Cc4ccc(OCCF)cc4)nn3)cc2s1. The topological polar surface area (TPSA) is 187 Å². The Morgan fingerprint density at radius 3 is 2.65 bits per heavy atom. The van der Waals surface area contributed by atoms with Gasteiger partial charge in [-0.2, -0.15) is 0 Å². The van der Waals surface area contributed by atoms with E-state index in [0.29, 0.717) is 33.8 Å². The lowest BCUT2D eigenvalue weighted by atomic mass is 10.0. The van der Waals surface area contributed by atoms with Crippen molar-refractivity contribution in [1.82, 2.24) is 30.3 Å². The first kappa shape index (κ1) is 33.0. The van der Waals surface area contributed by atoms with Crippen LogP contribution < -0.4 is 19.9 Å². The predicted molar refractivity (Wildman–Crippen MR) is 177 cm³/mol. The maximum absolute atomic E-state index is 12.5. The van der Waals surface area contributed by atoms with Gasteiger partial charge in [0.25, 0.3) is 10.0 Å². The van der Waals surface area contributed by atoms with Gasteiger partial charge in [0, 0.05) is 30.1 Å². The fourth-order valence-corrected chi connectivity index (χ4v) is 6.95. The third-order valence-corrected chi connectivity index (χ3v) is 9.98. The third-order valence-electron chi connectivity index (χ3n) is 7.64. The number of carbonyl (C=O) groups is 1. The van der Waals surface area contributed by atoms with Gasteiger partial charge in [0.1, 0.15) is 43.1 Å². The van der Waals surface area contributed by atoms with E-state index < -0.39 is 28.7 Å². The molecule has 0 amide bonds. The number of para-hydroxylation sites is 1. The highest BCUT2D eigenvalue weighted by molar-refractivity contribution is 7.91. The van der Waals surface area contributed by atoms with Gasteiger partial charge in [0.05, 0.1) is 22.5 Å². The fraction of sp³-hybridized carbons (Fsp3) is 0.250. The van der Waals surface area contributed by atoms with E-state index in [1.807, 2.05) is 42.6 Å². The van der Waals surface area contributed by atoms with Gasteiger partial charge < -0.3 is 24.9 Å². The molecule has 2 atom stereocenters. The fourth-order valence-electron chi connectivity index (χ4n) is 5.27. The lowest BCUT2D eigenvalue weighted by molar-refractivity contribution is -0.139. The lowest BCUT2D eigenvalue weighted by Crippen LogP contribution is -2.42. The van der Waals surface area contributed by atoms with Gasteiger partial charge in [-0.05, 0) is 53.9 Å². The second-order valence-electron chi connectivity index (χ2n) is 11.0. The molecule has 0 radical (unpaired) electrons. The number of alkyl halides is 1. The molecule has 3 aromatic carbocycles. The van der Waals surface area contributed by atoms with Crippen LogP contribution in [0.3, 0.4) is 0 Å². The van der Waals surface area contributed by atoms with Crippen molar-refractivity contribution in [3.05, 3.63) is 95.9 Å². The van der Waals surface area contributed by atoms with Crippen LogP contribution in [0.4, 0.5) is 4.39 Å². The van der Waals surface area contributed by atoms with E-state index in [0.717, 1.165) is 33.4 Å². The first-order valence-electron chi connectivity index (χ1n) is 14.9. The number of carboxylic acid groups (broad SMARTS) is 1. The van der Waals surface area contributed by atoms with Crippen molar-refractivity contribution in [3.63, 3.8) is 0 Å². The van der Waals surface area contributed by atoms with Crippen LogP contribution in [0.2, 0.25) is 0 Å². The number of ether oxygens (including phenoxy) is 2. The van der Waals surface area contributed by atoms with Crippen molar-refractivity contribution in [3.8, 4) is 11.5 Å². The number of primary sulfonamides is 1. The van der Waals surface area contributed by atoms with Crippen LogP contribution in [0.5, 0.6) is 11.5 Å². The minimum Gasteiger partial charge on any atom is -0.491 e. The number of carboxylic acids is 1. The van der Waals surface area contributed by atoms with Gasteiger partial charge in [0.2, 0.25) is 4.34 Å². The van der Waals surface area contributed by atoms with Crippen LogP contribution in [-0.2, 0) is 34.3 Å². The zero-order chi connectivity index (χ0) is 33.7. The number of halogens is 1. The number of H-pyrrole nitrogens is 1. The first-order chi connectivity index (χ1) is 23.2. The molecule has 48 heavy (non-hydrogen) atoms. The molecule has 0 aliphatic rings. The van der Waals surface area contributed by atoms with Crippen LogP contribution in [0.15, 0.2) is 83.5 Å². The Bertz CT molecular complexity index is 2130. The number of aromatic nitrogens is 5. The number of aromatic amines is 1. The zero-order valence-corrected chi connectivity index (χ0v) is 27.1. The number of fused-ring (bicyclic) bond motifs is 2. The average Bonchev–Trinajstić information content (AvgIpc) is 3.83. The Morgan fingerprint density at radius 1 is 1.08 bits per heavy atom. The number of nitrogens with two attached hydrogens (primary N) is 1. The van der Waals surface area contributed by atoms with E-state index in [9.17, 15) is 22.7 Å². The minimum absolute atomic E-state index is 0.0303. The summed E-state index contributed by atoms with van der Waals surface area (Å²) in [7, 11) is -3.92. The molecule has 0 saturated heterocycles. The Hall–Kier alpha value is -4.90. The first-order valence-corrected chi connectivity index (χ1v) is 17.3. The number of aliphatic carboxylic acids is 1. The van der Waals surface area contributed by atoms with Crippen molar-refractivity contribution in [2.75, 3.05) is 19.8 Å². The van der Waals surface area contributed by atoms with E-state index >= 15 is 0 Å². The van der Waals surface area contributed by atoms with Crippen LogP contribution in [0, 0.1) is 0 Å². The molecule has 5 N–H and O–H groups in total. The van der Waals surface area contributed by atoms with Crippen LogP contribution >= 0.6 is 11.3 Å². The van der Waals surface area contributed by atoms with Gasteiger partial charge in [-0.15, -0.1) is 16.4 Å². The van der Waals surface area contributed by atoms with E-state index in [1.54, 1.807) is 41.2 Å². The summed E-state index contributed by atoms with van der Waals surface area (Å²) in [6, 6.07) is 18.8. The molecule has 3 heterocycles. The van der Waals surface area contributed by atoms with Crippen LogP contribution in [0.25, 0.3) is 21.1 Å². The van der Waals surface area contributed by atoms with Crippen molar-refractivity contribution < 1.29 is 32.2 Å². The number of sulfonamides is 1. The van der Waals surface area contributed by atoms with Gasteiger partial charge in [-0.25, -0.2) is 27.6 Å². The van der Waals surface area contributed by atoms with E-state index in [1.165, 1.54) is 0 Å². The summed E-state index contributed by atoms with van der Waals surface area (Å²) in [4.78, 5) is 19.6. The minimum atomic E-state index is -3.92. The standard InChI is InChI=1S/C32H32FN7O6S2/c33-11-12-45-24-7-5-20(6-8-24)13-23(17-36-29(31(41)42)14-21-16-35-27-4-2-1-3-26(21)27)40-18-22(38-39-40)19-46-25-9-10-28-30(15-25)47-32(37-28)48(34,43)44/h1-10,15-16,18,23,29,35-36H,11-14,17,19H2,(H,41,42)(H2,34,43,44)/t23-,29+/m1/s1. The van der Waals surface area contributed by atoms with Crippen molar-refractivity contribution in [2.45, 2.75) is 35.9 Å². The molecule has 0 unspecified atom stereocenters. The second-order valence-corrected chi connectivity index (χ2v) is 13.8. The molecule has 6 rings (SSSR count). The number of hydrogen-bond acceptors (Lipinski definition) is 10. The number of thiazole rings is 1. The van der Waals surface area contributed by atoms with Gasteiger partial charge in [-0.1, -0.05) is 35.5 Å². The van der Waals surface area contributed by atoms with E-state index in [4.69, 9.17) is 14.6 Å². The molecule has 16 heteroatoms. The van der Waals surface area contributed by atoms with E-state index in [2.05, 4.69) is 25.6 Å². The smallest absolute Gasteiger partial charge is 0.321 e. The average molecular weight is 694 g/mol. The highest BCUT2D eigenvalue weighted by atomic mass is 32.2. The highest BCUT2D eigenvalue weighted by Crippen LogP contribution is 2.29. The molecule has 0 aliphatic carbocycles. The predicted octanol–water partition coefficient (Wildman–Crippen LogP) is 4.01. The maximum atomic E-state index is 12.5. The normalized spacial score (nSPS) is 13.1. The Morgan fingerprint density at radius 2 is 1.88 bits per heavy atom. The number of hydrogen-bond donors (Lipinski definition) is 4. The van der Waals surface area contributed by atoms with Crippen LogP contribution in [-0.4, -0.2) is 70.3 Å². The Kier molecular flexibility index (Phi) is 9.95. The number of rotatable bonds is 16. The molecular weight excluding hydrogens is 662 g/mol. The van der Waals surface area contributed by atoms with E-state index in [-0.39, 0.29) is 36.6 Å². The summed E-state index contributed by atoms with van der Waals surface area (Å²) >= 11 is 0.953. The summed E-state index contributed by atoms with van der Waals surface area (Å²) in [5.41, 5.74) is 3.78. The van der Waals surface area contributed by atoms with Crippen molar-refractivity contribution >= 4 is 48.4 Å². The molecule has 13 nitrogen and oxygen atoms in total. The second kappa shape index (κ2) is 14.5. The summed E-state index contributed by atoms with van der Waals surface area (Å²) in [5.74, 6) is 0.0556. The molecule has 0 aliphatic heterocycles. The van der Waals surface area contributed by atoms with Gasteiger partial charge in [0.15, 0.2) is 0 Å². The van der Waals surface area contributed by atoms with Gasteiger partial charge in [-0.3, -0.25) is 4.79 Å². The van der Waals surface area contributed by atoms with Crippen molar-refractivity contribution in [1.29, 1.82) is 0 Å². The summed E-state index contributed by atoms with van der Waals surface area (Å²) in [6.45, 7) is -0.281. The summed E-state index contributed by atoms with van der Waals surface area (Å²) in [6.07, 6.45) is 4.33. The molecule has 250 valence electrons. The highest BCUT2D eigenvalue weighted by Gasteiger charge is 2.23. The molecular formula is C32H32FN7O6S2. The third kappa shape index (κ3) is 7.96.